The van der Waals surface area contributed by atoms with Gasteiger partial charge < -0.3 is 9.84 Å². The van der Waals surface area contributed by atoms with Gasteiger partial charge in [-0.1, -0.05) is 6.07 Å². The minimum Gasteiger partial charge on any atom is -0.480 e. The Morgan fingerprint density at radius 1 is 1.47 bits per heavy atom. The highest BCUT2D eigenvalue weighted by atomic mass is 19.2. The number of methoxy groups -OCH3 is 1. The molecule has 0 bridgehead atoms. The molecule has 6 heteroatoms. The van der Waals surface area contributed by atoms with E-state index in [0.29, 0.717) is 13.2 Å². The van der Waals surface area contributed by atoms with Gasteiger partial charge in [0.2, 0.25) is 0 Å². The van der Waals surface area contributed by atoms with Crippen LogP contribution in [0.1, 0.15) is 11.6 Å². The zero-order valence-corrected chi connectivity index (χ0v) is 9.24. The number of halogens is 2. The number of hydrogen-bond donors (Lipinski definition) is 2. The fraction of sp³-hybridized carbons (Fsp3) is 0.364. The van der Waals surface area contributed by atoms with Gasteiger partial charge in [0.05, 0.1) is 6.61 Å². The van der Waals surface area contributed by atoms with Crippen molar-refractivity contribution in [3.8, 4) is 0 Å². The maximum Gasteiger partial charge on any atom is 0.325 e. The molecule has 0 aliphatic heterocycles. The normalized spacial score (nSPS) is 12.4. The maximum absolute atomic E-state index is 13.0. The summed E-state index contributed by atoms with van der Waals surface area (Å²) in [4.78, 5) is 11.0. The predicted octanol–water partition coefficient (Wildman–Crippen LogP) is 1.33. The first kappa shape index (κ1) is 13.5. The Kier molecular flexibility index (Phi) is 4.99. The first-order valence-corrected chi connectivity index (χ1v) is 4.96. The van der Waals surface area contributed by atoms with E-state index in [1.165, 1.54) is 13.2 Å². The van der Waals surface area contributed by atoms with Crippen molar-refractivity contribution in [1.29, 1.82) is 0 Å². The summed E-state index contributed by atoms with van der Waals surface area (Å²) in [6.07, 6.45) is 0. The zero-order valence-electron chi connectivity index (χ0n) is 9.24. The summed E-state index contributed by atoms with van der Waals surface area (Å²) in [5, 5.41) is 11.6. The molecule has 4 nitrogen and oxygen atoms in total. The third kappa shape index (κ3) is 3.76. The molecule has 0 fully saturated rings. The monoisotopic (exact) mass is 245 g/mol. The van der Waals surface area contributed by atoms with Gasteiger partial charge in [-0.2, -0.15) is 0 Å². The summed E-state index contributed by atoms with van der Waals surface area (Å²) in [5.41, 5.74) is 0.160. The molecule has 94 valence electrons. The molecule has 0 saturated heterocycles. The molecule has 0 saturated carbocycles. The van der Waals surface area contributed by atoms with Crippen molar-refractivity contribution in [1.82, 2.24) is 5.32 Å². The van der Waals surface area contributed by atoms with Crippen LogP contribution in [0.3, 0.4) is 0 Å². The lowest BCUT2D eigenvalue weighted by molar-refractivity contribution is -0.139. The van der Waals surface area contributed by atoms with Crippen molar-refractivity contribution in [2.75, 3.05) is 20.3 Å². The van der Waals surface area contributed by atoms with E-state index >= 15 is 0 Å². The number of carboxylic acids is 1. The fourth-order valence-corrected chi connectivity index (χ4v) is 1.35. The van der Waals surface area contributed by atoms with Crippen molar-refractivity contribution in [3.05, 3.63) is 35.4 Å². The number of carbonyl (C=O) groups is 1. The quantitative estimate of drug-likeness (QED) is 0.742. The molecule has 0 aromatic heterocycles. The van der Waals surface area contributed by atoms with E-state index in [-0.39, 0.29) is 5.56 Å². The second-order valence-electron chi connectivity index (χ2n) is 3.39. The van der Waals surface area contributed by atoms with Crippen molar-refractivity contribution in [2.45, 2.75) is 6.04 Å². The third-order valence-corrected chi connectivity index (χ3v) is 2.18. The highest BCUT2D eigenvalue weighted by Crippen LogP contribution is 2.16. The van der Waals surface area contributed by atoms with Crippen LogP contribution in [0.2, 0.25) is 0 Å². The summed E-state index contributed by atoms with van der Waals surface area (Å²) in [7, 11) is 1.48. The van der Waals surface area contributed by atoms with Gasteiger partial charge in [-0.3, -0.25) is 10.1 Å². The largest absolute Gasteiger partial charge is 0.480 e. The smallest absolute Gasteiger partial charge is 0.325 e. The molecule has 1 rings (SSSR count). The third-order valence-electron chi connectivity index (χ3n) is 2.18. The highest BCUT2D eigenvalue weighted by molar-refractivity contribution is 5.75. The van der Waals surface area contributed by atoms with E-state index in [4.69, 9.17) is 9.84 Å². The van der Waals surface area contributed by atoms with Crippen LogP contribution in [0, 0.1) is 11.6 Å². The summed E-state index contributed by atoms with van der Waals surface area (Å²) in [6.45, 7) is 0.625. The Balaban J connectivity index is 2.82. The SMILES string of the molecule is COCCNC(C(=O)O)c1ccc(F)c(F)c1. The number of rotatable bonds is 6. The second-order valence-corrected chi connectivity index (χ2v) is 3.39. The van der Waals surface area contributed by atoms with Gasteiger partial charge in [-0.15, -0.1) is 0 Å². The number of benzene rings is 1. The van der Waals surface area contributed by atoms with Gasteiger partial charge in [-0.25, -0.2) is 8.78 Å². The van der Waals surface area contributed by atoms with Crippen LogP contribution in [-0.4, -0.2) is 31.3 Å². The van der Waals surface area contributed by atoms with Crippen LogP contribution < -0.4 is 5.32 Å². The van der Waals surface area contributed by atoms with Crippen molar-refractivity contribution < 1.29 is 23.4 Å². The molecule has 0 spiro atoms. The molecular formula is C11H13F2NO3. The van der Waals surface area contributed by atoms with E-state index in [1.54, 1.807) is 0 Å². The van der Waals surface area contributed by atoms with Gasteiger partial charge in [-0.05, 0) is 17.7 Å². The number of nitrogens with one attached hydrogen (secondary N) is 1. The maximum atomic E-state index is 13.0. The molecule has 0 amide bonds. The standard InChI is InChI=1S/C11H13F2NO3/c1-17-5-4-14-10(11(15)16)7-2-3-8(12)9(13)6-7/h2-3,6,10,14H,4-5H2,1H3,(H,15,16). The van der Waals surface area contributed by atoms with Gasteiger partial charge in [0.15, 0.2) is 11.6 Å². The van der Waals surface area contributed by atoms with E-state index in [2.05, 4.69) is 5.32 Å². The Morgan fingerprint density at radius 3 is 2.71 bits per heavy atom. The molecule has 1 unspecified atom stereocenters. The van der Waals surface area contributed by atoms with E-state index in [1.807, 2.05) is 0 Å². The molecule has 0 radical (unpaired) electrons. The molecule has 17 heavy (non-hydrogen) atoms. The van der Waals surface area contributed by atoms with Crippen LogP contribution in [0.25, 0.3) is 0 Å². The molecule has 1 atom stereocenters. The average Bonchev–Trinajstić information content (AvgIpc) is 2.28. The van der Waals surface area contributed by atoms with E-state index in [9.17, 15) is 13.6 Å². The lowest BCUT2D eigenvalue weighted by Gasteiger charge is -2.14. The van der Waals surface area contributed by atoms with Crippen LogP contribution in [0.15, 0.2) is 18.2 Å². The first-order valence-electron chi connectivity index (χ1n) is 4.96. The zero-order chi connectivity index (χ0) is 12.8. The van der Waals surface area contributed by atoms with Crippen molar-refractivity contribution in [3.63, 3.8) is 0 Å². The number of ether oxygens (including phenoxy) is 1. The predicted molar refractivity (Wildman–Crippen MR) is 56.6 cm³/mol. The molecule has 1 aromatic rings. The molecule has 0 aliphatic rings. The van der Waals surface area contributed by atoms with Gasteiger partial charge in [0.1, 0.15) is 6.04 Å². The van der Waals surface area contributed by atoms with E-state index < -0.39 is 23.6 Å². The molecule has 0 aliphatic carbocycles. The summed E-state index contributed by atoms with van der Waals surface area (Å²) in [6, 6.07) is 1.92. The number of carboxylic acid groups (broad SMARTS) is 1. The molecule has 0 heterocycles. The molecule has 1 aromatic carbocycles. The average molecular weight is 245 g/mol. The summed E-state index contributed by atoms with van der Waals surface area (Å²) < 4.78 is 30.4. The number of hydrogen-bond acceptors (Lipinski definition) is 3. The summed E-state index contributed by atoms with van der Waals surface area (Å²) in [5.74, 6) is -3.23. The van der Waals surface area contributed by atoms with Crippen molar-refractivity contribution >= 4 is 5.97 Å². The van der Waals surface area contributed by atoms with Crippen LogP contribution in [-0.2, 0) is 9.53 Å². The van der Waals surface area contributed by atoms with Gasteiger partial charge in [0.25, 0.3) is 0 Å². The van der Waals surface area contributed by atoms with E-state index in [0.717, 1.165) is 12.1 Å². The first-order chi connectivity index (χ1) is 8.06. The van der Waals surface area contributed by atoms with Crippen LogP contribution in [0.4, 0.5) is 8.78 Å². The highest BCUT2D eigenvalue weighted by Gasteiger charge is 2.20. The van der Waals surface area contributed by atoms with Gasteiger partial charge in [0, 0.05) is 13.7 Å². The Hall–Kier alpha value is -1.53. The minimum atomic E-state index is -1.16. The van der Waals surface area contributed by atoms with Gasteiger partial charge >= 0.3 is 5.97 Å². The number of aliphatic carboxylic acids is 1. The molecule has 2 N–H and O–H groups in total. The van der Waals surface area contributed by atoms with Crippen molar-refractivity contribution in [2.24, 2.45) is 0 Å². The lowest BCUT2D eigenvalue weighted by atomic mass is 10.1. The summed E-state index contributed by atoms with van der Waals surface area (Å²) >= 11 is 0. The molecular weight excluding hydrogens is 232 g/mol. The fourth-order valence-electron chi connectivity index (χ4n) is 1.35. The Labute approximate surface area is 97.2 Å². The second kappa shape index (κ2) is 6.27. The Bertz CT molecular complexity index is 398. The minimum absolute atomic E-state index is 0.160. The van der Waals surface area contributed by atoms with Crippen LogP contribution in [0.5, 0.6) is 0 Å². The Morgan fingerprint density at radius 2 is 2.18 bits per heavy atom. The topological polar surface area (TPSA) is 58.6 Å². The lowest BCUT2D eigenvalue weighted by Crippen LogP contribution is -2.31. The van der Waals surface area contributed by atoms with Crippen LogP contribution >= 0.6 is 0 Å².